The number of hydrogen-bond acceptors (Lipinski definition) is 4. The fraction of sp³-hybridized carbons (Fsp3) is 0.833. The van der Waals surface area contributed by atoms with Crippen LogP contribution in [-0.4, -0.2) is 54.7 Å². The monoisotopic (exact) mass is 260 g/mol. The summed E-state index contributed by atoms with van der Waals surface area (Å²) in [4.78, 5) is 24.1. The molecule has 0 saturated heterocycles. The second kappa shape index (κ2) is 8.88. The van der Waals surface area contributed by atoms with Crippen LogP contribution in [0.3, 0.4) is 0 Å². The molecule has 0 aromatic heterocycles. The number of ether oxygens (including phenoxy) is 1. The van der Waals surface area contributed by atoms with E-state index in [1.54, 1.807) is 12.0 Å². The Kier molecular flexibility index (Phi) is 8.32. The van der Waals surface area contributed by atoms with E-state index in [1.165, 1.54) is 0 Å². The lowest BCUT2D eigenvalue weighted by Crippen LogP contribution is -2.46. The molecular formula is C12H24N2O4. The maximum atomic E-state index is 12.0. The molecule has 0 heterocycles. The molecule has 1 unspecified atom stereocenters. The Morgan fingerprint density at radius 2 is 2.00 bits per heavy atom. The first-order valence-electron chi connectivity index (χ1n) is 6.13. The first-order valence-corrected chi connectivity index (χ1v) is 6.13. The van der Waals surface area contributed by atoms with Crippen LogP contribution in [0.25, 0.3) is 0 Å². The SMILES string of the molecule is COCCN(CC(C)C)C(=O)C(N)CCC(=O)O. The van der Waals surface area contributed by atoms with Gasteiger partial charge in [-0.3, -0.25) is 9.59 Å². The summed E-state index contributed by atoms with van der Waals surface area (Å²) in [5.41, 5.74) is 5.72. The highest BCUT2D eigenvalue weighted by Gasteiger charge is 2.22. The molecule has 0 spiro atoms. The van der Waals surface area contributed by atoms with Crippen molar-refractivity contribution in [2.45, 2.75) is 32.7 Å². The average Bonchev–Trinajstić information content (AvgIpc) is 2.29. The van der Waals surface area contributed by atoms with Crippen LogP contribution in [-0.2, 0) is 14.3 Å². The van der Waals surface area contributed by atoms with Gasteiger partial charge in [-0.1, -0.05) is 13.8 Å². The Hall–Kier alpha value is -1.14. The Labute approximate surface area is 108 Å². The first kappa shape index (κ1) is 16.9. The Balaban J connectivity index is 4.37. The third-order valence-electron chi connectivity index (χ3n) is 2.45. The van der Waals surface area contributed by atoms with Gasteiger partial charge in [0.25, 0.3) is 0 Å². The highest BCUT2D eigenvalue weighted by Crippen LogP contribution is 2.04. The zero-order chi connectivity index (χ0) is 14.1. The van der Waals surface area contributed by atoms with E-state index in [-0.39, 0.29) is 18.7 Å². The van der Waals surface area contributed by atoms with Crippen molar-refractivity contribution in [1.29, 1.82) is 0 Å². The molecule has 0 fully saturated rings. The summed E-state index contributed by atoms with van der Waals surface area (Å²) in [7, 11) is 1.57. The quantitative estimate of drug-likeness (QED) is 0.622. The summed E-state index contributed by atoms with van der Waals surface area (Å²) in [6.07, 6.45) is 0.0719. The van der Waals surface area contributed by atoms with Crippen LogP contribution < -0.4 is 5.73 Å². The molecule has 6 nitrogen and oxygen atoms in total. The van der Waals surface area contributed by atoms with Gasteiger partial charge in [-0.15, -0.1) is 0 Å². The van der Waals surface area contributed by atoms with Crippen molar-refractivity contribution in [1.82, 2.24) is 4.90 Å². The number of amides is 1. The van der Waals surface area contributed by atoms with Crippen molar-refractivity contribution in [3.63, 3.8) is 0 Å². The lowest BCUT2D eigenvalue weighted by Gasteiger charge is -2.27. The van der Waals surface area contributed by atoms with E-state index >= 15 is 0 Å². The van der Waals surface area contributed by atoms with E-state index in [2.05, 4.69) is 0 Å². The molecule has 0 aliphatic rings. The zero-order valence-electron chi connectivity index (χ0n) is 11.4. The normalized spacial score (nSPS) is 12.5. The van der Waals surface area contributed by atoms with Gasteiger partial charge in [0.1, 0.15) is 0 Å². The Morgan fingerprint density at radius 1 is 1.39 bits per heavy atom. The number of carboxylic acids is 1. The molecule has 1 amide bonds. The Morgan fingerprint density at radius 3 is 2.44 bits per heavy atom. The molecule has 6 heteroatoms. The topological polar surface area (TPSA) is 92.9 Å². The molecular weight excluding hydrogens is 236 g/mol. The number of carbonyl (C=O) groups is 2. The average molecular weight is 260 g/mol. The van der Waals surface area contributed by atoms with Gasteiger partial charge < -0.3 is 20.5 Å². The number of rotatable bonds is 9. The molecule has 0 saturated carbocycles. The molecule has 0 aliphatic heterocycles. The van der Waals surface area contributed by atoms with Crippen molar-refractivity contribution in [2.75, 3.05) is 26.8 Å². The predicted octanol–water partition coefficient (Wildman–Crippen LogP) is 0.310. The van der Waals surface area contributed by atoms with Gasteiger partial charge in [0, 0.05) is 26.6 Å². The van der Waals surface area contributed by atoms with Gasteiger partial charge in [-0.05, 0) is 12.3 Å². The minimum Gasteiger partial charge on any atom is -0.481 e. The van der Waals surface area contributed by atoms with Crippen molar-refractivity contribution < 1.29 is 19.4 Å². The summed E-state index contributed by atoms with van der Waals surface area (Å²) >= 11 is 0. The molecule has 0 aliphatic carbocycles. The smallest absolute Gasteiger partial charge is 0.303 e. The number of nitrogens with two attached hydrogens (primary N) is 1. The van der Waals surface area contributed by atoms with Crippen LogP contribution in [0.5, 0.6) is 0 Å². The molecule has 1 atom stereocenters. The molecule has 0 radical (unpaired) electrons. The van der Waals surface area contributed by atoms with E-state index in [1.807, 2.05) is 13.8 Å². The van der Waals surface area contributed by atoms with Gasteiger partial charge in [0.15, 0.2) is 0 Å². The highest BCUT2D eigenvalue weighted by atomic mass is 16.5. The molecule has 0 aromatic carbocycles. The Bertz CT molecular complexity index is 269. The summed E-state index contributed by atoms with van der Waals surface area (Å²) in [6, 6.07) is -0.753. The standard InChI is InChI=1S/C12H24N2O4/c1-9(2)8-14(6-7-18-3)12(17)10(13)4-5-11(15)16/h9-10H,4-8,13H2,1-3H3,(H,15,16). The van der Waals surface area contributed by atoms with Gasteiger partial charge in [0.05, 0.1) is 12.6 Å². The number of methoxy groups -OCH3 is 1. The van der Waals surface area contributed by atoms with Crippen molar-refractivity contribution >= 4 is 11.9 Å². The summed E-state index contributed by atoms with van der Waals surface area (Å²) in [5, 5.41) is 8.57. The summed E-state index contributed by atoms with van der Waals surface area (Å²) < 4.78 is 4.95. The second-order valence-corrected chi connectivity index (χ2v) is 4.71. The largest absolute Gasteiger partial charge is 0.481 e. The van der Waals surface area contributed by atoms with Crippen LogP contribution in [0.2, 0.25) is 0 Å². The minimum absolute atomic E-state index is 0.0906. The number of hydrogen-bond donors (Lipinski definition) is 2. The van der Waals surface area contributed by atoms with Crippen LogP contribution in [0.1, 0.15) is 26.7 Å². The van der Waals surface area contributed by atoms with Crippen molar-refractivity contribution in [2.24, 2.45) is 11.7 Å². The van der Waals surface area contributed by atoms with Gasteiger partial charge in [-0.25, -0.2) is 0 Å². The van der Waals surface area contributed by atoms with Crippen LogP contribution in [0.15, 0.2) is 0 Å². The van der Waals surface area contributed by atoms with E-state index < -0.39 is 12.0 Å². The summed E-state index contributed by atoms with van der Waals surface area (Å²) in [5.74, 6) is -0.815. The second-order valence-electron chi connectivity index (χ2n) is 4.71. The maximum absolute atomic E-state index is 12.0. The third kappa shape index (κ3) is 7.24. The van der Waals surface area contributed by atoms with Gasteiger partial charge in [-0.2, -0.15) is 0 Å². The number of nitrogens with zero attached hydrogens (tertiary/aromatic N) is 1. The fourth-order valence-electron chi connectivity index (χ4n) is 1.57. The number of carboxylic acid groups (broad SMARTS) is 1. The molecule has 3 N–H and O–H groups in total. The van der Waals surface area contributed by atoms with Crippen LogP contribution in [0.4, 0.5) is 0 Å². The zero-order valence-corrected chi connectivity index (χ0v) is 11.4. The van der Waals surface area contributed by atoms with Gasteiger partial charge in [0.2, 0.25) is 5.91 Å². The predicted molar refractivity (Wildman–Crippen MR) is 68.1 cm³/mol. The van der Waals surface area contributed by atoms with Crippen molar-refractivity contribution in [3.05, 3.63) is 0 Å². The number of carbonyl (C=O) groups excluding carboxylic acids is 1. The lowest BCUT2D eigenvalue weighted by atomic mass is 10.1. The summed E-state index contributed by atoms with van der Waals surface area (Å²) in [6.45, 7) is 5.55. The van der Waals surface area contributed by atoms with E-state index in [9.17, 15) is 9.59 Å². The maximum Gasteiger partial charge on any atom is 0.303 e. The first-order chi connectivity index (χ1) is 8.38. The van der Waals surface area contributed by atoms with E-state index in [0.717, 1.165) is 0 Å². The molecule has 0 rings (SSSR count). The highest BCUT2D eigenvalue weighted by molar-refractivity contribution is 5.82. The van der Waals surface area contributed by atoms with Crippen LogP contribution >= 0.6 is 0 Å². The molecule has 18 heavy (non-hydrogen) atoms. The molecule has 0 aromatic rings. The number of aliphatic carboxylic acids is 1. The molecule has 106 valence electrons. The minimum atomic E-state index is -0.939. The lowest BCUT2D eigenvalue weighted by molar-refractivity contribution is -0.138. The van der Waals surface area contributed by atoms with Gasteiger partial charge >= 0.3 is 5.97 Å². The van der Waals surface area contributed by atoms with Crippen molar-refractivity contribution in [3.8, 4) is 0 Å². The molecule has 0 bridgehead atoms. The fourth-order valence-corrected chi connectivity index (χ4v) is 1.57. The third-order valence-corrected chi connectivity index (χ3v) is 2.45. The van der Waals surface area contributed by atoms with E-state index in [4.69, 9.17) is 15.6 Å². The van der Waals surface area contributed by atoms with Crippen LogP contribution in [0, 0.1) is 5.92 Å². The van der Waals surface area contributed by atoms with E-state index in [0.29, 0.717) is 25.6 Å².